The van der Waals surface area contributed by atoms with E-state index in [1.165, 1.54) is 5.56 Å². The minimum atomic E-state index is 0.301. The van der Waals surface area contributed by atoms with Crippen molar-refractivity contribution in [2.75, 3.05) is 18.4 Å². The Bertz CT molecular complexity index is 609. The molecule has 1 aliphatic rings. The molecular weight excluding hydrogens is 296 g/mol. The predicted octanol–water partition coefficient (Wildman–Crippen LogP) is 3.51. The van der Waals surface area contributed by atoms with Crippen molar-refractivity contribution in [1.82, 2.24) is 14.9 Å². The summed E-state index contributed by atoms with van der Waals surface area (Å²) in [6.45, 7) is 5.24. The summed E-state index contributed by atoms with van der Waals surface area (Å²) in [5, 5.41) is 3.81. The van der Waals surface area contributed by atoms with Crippen LogP contribution < -0.4 is 5.32 Å². The lowest BCUT2D eigenvalue weighted by atomic mass is 10.0. The molecule has 1 aromatic heterocycles. The molecule has 3 rings (SSSR count). The Balaban J connectivity index is 1.52. The molecule has 2 aromatic rings. The highest BCUT2D eigenvalue weighted by atomic mass is 35.5. The van der Waals surface area contributed by atoms with Crippen LogP contribution in [0.15, 0.2) is 36.5 Å². The van der Waals surface area contributed by atoms with Crippen molar-refractivity contribution < 1.29 is 0 Å². The molecule has 1 N–H and O–H groups in total. The molecular formula is C17H21ClN4. The maximum atomic E-state index is 5.88. The highest BCUT2D eigenvalue weighted by molar-refractivity contribution is 6.28. The smallest absolute Gasteiger partial charge is 0.224 e. The van der Waals surface area contributed by atoms with Gasteiger partial charge in [0.05, 0.1) is 0 Å². The fourth-order valence-corrected chi connectivity index (χ4v) is 2.97. The Morgan fingerprint density at radius 2 is 1.95 bits per heavy atom. The van der Waals surface area contributed by atoms with E-state index >= 15 is 0 Å². The number of halogens is 1. The number of rotatable bonds is 4. The Morgan fingerprint density at radius 3 is 2.68 bits per heavy atom. The van der Waals surface area contributed by atoms with Crippen molar-refractivity contribution >= 4 is 17.4 Å². The zero-order chi connectivity index (χ0) is 15.4. The molecule has 1 aromatic carbocycles. The van der Waals surface area contributed by atoms with Crippen LogP contribution in [0.3, 0.4) is 0 Å². The first-order chi connectivity index (χ1) is 10.7. The van der Waals surface area contributed by atoms with Crippen LogP contribution in [0.5, 0.6) is 0 Å². The van der Waals surface area contributed by atoms with E-state index in [9.17, 15) is 0 Å². The van der Waals surface area contributed by atoms with Crippen LogP contribution in [0.4, 0.5) is 5.82 Å². The van der Waals surface area contributed by atoms with Gasteiger partial charge < -0.3 is 5.32 Å². The summed E-state index contributed by atoms with van der Waals surface area (Å²) in [7, 11) is 0. The van der Waals surface area contributed by atoms with Crippen LogP contribution in [0.2, 0.25) is 5.28 Å². The summed E-state index contributed by atoms with van der Waals surface area (Å²) in [6, 6.07) is 11.1. The average molecular weight is 317 g/mol. The van der Waals surface area contributed by atoms with Crippen LogP contribution in [0, 0.1) is 6.92 Å². The average Bonchev–Trinajstić information content (AvgIpc) is 2.54. The van der Waals surface area contributed by atoms with Gasteiger partial charge in [0.1, 0.15) is 5.82 Å². The first-order valence-electron chi connectivity index (χ1n) is 7.72. The lowest BCUT2D eigenvalue weighted by Crippen LogP contribution is -2.38. The molecule has 0 spiro atoms. The van der Waals surface area contributed by atoms with E-state index in [1.807, 2.05) is 6.92 Å². The van der Waals surface area contributed by atoms with Crippen molar-refractivity contribution in [2.45, 2.75) is 32.4 Å². The fourth-order valence-electron chi connectivity index (χ4n) is 2.84. The van der Waals surface area contributed by atoms with Gasteiger partial charge in [-0.15, -0.1) is 0 Å². The first-order valence-corrected chi connectivity index (χ1v) is 8.10. The first kappa shape index (κ1) is 15.3. The normalized spacial score (nSPS) is 16.6. The van der Waals surface area contributed by atoms with E-state index < -0.39 is 0 Å². The van der Waals surface area contributed by atoms with Crippen molar-refractivity contribution in [2.24, 2.45) is 0 Å². The van der Waals surface area contributed by atoms with Crippen molar-refractivity contribution in [3.63, 3.8) is 0 Å². The van der Waals surface area contributed by atoms with Crippen molar-refractivity contribution in [3.05, 3.63) is 52.9 Å². The highest BCUT2D eigenvalue weighted by Crippen LogP contribution is 2.20. The molecule has 0 atom stereocenters. The van der Waals surface area contributed by atoms with Gasteiger partial charge in [-0.3, -0.25) is 4.90 Å². The summed E-state index contributed by atoms with van der Waals surface area (Å²) in [5.74, 6) is 0.863. The van der Waals surface area contributed by atoms with Gasteiger partial charge in [-0.25, -0.2) is 9.97 Å². The molecule has 116 valence electrons. The number of aryl methyl sites for hydroxylation is 1. The molecule has 1 fully saturated rings. The number of anilines is 1. The molecule has 0 aliphatic carbocycles. The van der Waals surface area contributed by atoms with Gasteiger partial charge in [0.15, 0.2) is 0 Å². The Morgan fingerprint density at radius 1 is 1.23 bits per heavy atom. The topological polar surface area (TPSA) is 41.1 Å². The molecule has 22 heavy (non-hydrogen) atoms. The van der Waals surface area contributed by atoms with Crippen LogP contribution >= 0.6 is 11.6 Å². The molecule has 0 unspecified atom stereocenters. The van der Waals surface area contributed by atoms with Crippen LogP contribution in [0.25, 0.3) is 0 Å². The molecule has 0 radical (unpaired) electrons. The van der Waals surface area contributed by atoms with E-state index in [4.69, 9.17) is 11.6 Å². The Labute approximate surface area is 136 Å². The number of benzene rings is 1. The van der Waals surface area contributed by atoms with Gasteiger partial charge in [-0.2, -0.15) is 0 Å². The van der Waals surface area contributed by atoms with Gasteiger partial charge in [0.2, 0.25) is 5.28 Å². The van der Waals surface area contributed by atoms with E-state index in [-0.39, 0.29) is 0 Å². The molecule has 0 amide bonds. The number of hydrogen-bond donors (Lipinski definition) is 1. The van der Waals surface area contributed by atoms with Gasteiger partial charge in [0, 0.05) is 37.4 Å². The lowest BCUT2D eigenvalue weighted by molar-refractivity contribution is 0.211. The number of hydrogen-bond acceptors (Lipinski definition) is 4. The zero-order valence-electron chi connectivity index (χ0n) is 12.8. The van der Waals surface area contributed by atoms with Crippen molar-refractivity contribution in [1.29, 1.82) is 0 Å². The number of likely N-dealkylation sites (tertiary alicyclic amines) is 1. The summed E-state index contributed by atoms with van der Waals surface area (Å²) >= 11 is 5.88. The predicted molar refractivity (Wildman–Crippen MR) is 90.1 cm³/mol. The van der Waals surface area contributed by atoms with E-state index in [0.29, 0.717) is 11.3 Å². The molecule has 1 saturated heterocycles. The monoisotopic (exact) mass is 316 g/mol. The third kappa shape index (κ3) is 3.96. The van der Waals surface area contributed by atoms with Crippen LogP contribution in [0.1, 0.15) is 24.0 Å². The Kier molecular flexibility index (Phi) is 4.90. The minimum absolute atomic E-state index is 0.301. The number of piperidine rings is 1. The number of aromatic nitrogens is 2. The highest BCUT2D eigenvalue weighted by Gasteiger charge is 2.20. The van der Waals surface area contributed by atoms with Gasteiger partial charge in [-0.05, 0) is 36.9 Å². The third-order valence-corrected chi connectivity index (χ3v) is 4.30. The number of nitrogens with one attached hydrogen (secondary N) is 1. The maximum absolute atomic E-state index is 5.88. The molecule has 5 heteroatoms. The molecule has 1 aliphatic heterocycles. The second-order valence-corrected chi connectivity index (χ2v) is 6.19. The van der Waals surface area contributed by atoms with E-state index in [1.54, 1.807) is 6.20 Å². The summed E-state index contributed by atoms with van der Waals surface area (Å²) < 4.78 is 0. The molecule has 4 nitrogen and oxygen atoms in total. The van der Waals surface area contributed by atoms with Gasteiger partial charge in [-0.1, -0.05) is 30.3 Å². The molecule has 0 bridgehead atoms. The lowest BCUT2D eigenvalue weighted by Gasteiger charge is -2.32. The molecule has 2 heterocycles. The second kappa shape index (κ2) is 7.07. The zero-order valence-corrected chi connectivity index (χ0v) is 13.6. The molecule has 0 saturated carbocycles. The fraction of sp³-hybridized carbons (Fsp3) is 0.412. The van der Waals surface area contributed by atoms with E-state index in [2.05, 4.69) is 50.5 Å². The number of nitrogens with zero attached hydrogens (tertiary/aromatic N) is 3. The maximum Gasteiger partial charge on any atom is 0.224 e. The van der Waals surface area contributed by atoms with Gasteiger partial charge in [0.25, 0.3) is 0 Å². The SMILES string of the molecule is Cc1cnc(Cl)nc1NC1CCN(Cc2ccccc2)CC1. The quantitative estimate of drug-likeness (QED) is 0.876. The third-order valence-electron chi connectivity index (χ3n) is 4.12. The summed E-state index contributed by atoms with van der Waals surface area (Å²) in [5.41, 5.74) is 2.42. The standard InChI is InChI=1S/C17H21ClN4/c1-13-11-19-17(18)21-16(13)20-15-7-9-22(10-8-15)12-14-5-3-2-4-6-14/h2-6,11,15H,7-10,12H2,1H3,(H,19,20,21). The second-order valence-electron chi connectivity index (χ2n) is 5.85. The van der Waals surface area contributed by atoms with Crippen molar-refractivity contribution in [3.8, 4) is 0 Å². The summed E-state index contributed by atoms with van der Waals surface area (Å²) in [6.07, 6.45) is 4.00. The Hall–Kier alpha value is -1.65. The minimum Gasteiger partial charge on any atom is -0.367 e. The van der Waals surface area contributed by atoms with Crippen LogP contribution in [-0.2, 0) is 6.54 Å². The van der Waals surface area contributed by atoms with Crippen LogP contribution in [-0.4, -0.2) is 34.0 Å². The van der Waals surface area contributed by atoms with E-state index in [0.717, 1.165) is 43.9 Å². The van der Waals surface area contributed by atoms with Gasteiger partial charge >= 0.3 is 0 Å². The summed E-state index contributed by atoms with van der Waals surface area (Å²) in [4.78, 5) is 10.8. The largest absolute Gasteiger partial charge is 0.367 e.